The molecule has 0 unspecified atom stereocenters. The van der Waals surface area contributed by atoms with Gasteiger partial charge < -0.3 is 5.32 Å². The van der Waals surface area contributed by atoms with Crippen molar-refractivity contribution in [3.8, 4) is 0 Å². The van der Waals surface area contributed by atoms with E-state index in [1.807, 2.05) is 18.2 Å². The number of halogens is 1. The van der Waals surface area contributed by atoms with Crippen LogP contribution in [0.25, 0.3) is 0 Å². The van der Waals surface area contributed by atoms with Gasteiger partial charge in [-0.05, 0) is 46.1 Å². The average molecular weight is 307 g/mol. The van der Waals surface area contributed by atoms with Gasteiger partial charge in [-0.3, -0.25) is 4.79 Å². The van der Waals surface area contributed by atoms with Gasteiger partial charge in [-0.25, -0.2) is 4.68 Å². The lowest BCUT2D eigenvalue weighted by Gasteiger charge is -2.04. The number of hydrogen-bond acceptors (Lipinski definition) is 4. The van der Waals surface area contributed by atoms with Crippen LogP contribution in [0.5, 0.6) is 0 Å². The quantitative estimate of drug-likeness (QED) is 0.859. The first-order valence-corrected chi connectivity index (χ1v) is 6.43. The summed E-state index contributed by atoms with van der Waals surface area (Å²) in [6.07, 6.45) is 0.960. The zero-order chi connectivity index (χ0) is 12.7. The Bertz CT molecular complexity index is 616. The number of nitrogens with zero attached hydrogens (tertiary/aromatic N) is 3. The summed E-state index contributed by atoms with van der Waals surface area (Å²) in [6, 6.07) is 5.73. The predicted octanol–water partition coefficient (Wildman–Crippen LogP) is 1.78. The van der Waals surface area contributed by atoms with E-state index in [0.717, 1.165) is 18.7 Å². The fraction of sp³-hybridized carbons (Fsp3) is 0.250. The van der Waals surface area contributed by atoms with E-state index in [9.17, 15) is 4.79 Å². The summed E-state index contributed by atoms with van der Waals surface area (Å²) in [7, 11) is 1.71. The molecule has 0 fully saturated rings. The number of rotatable bonds is 2. The maximum absolute atomic E-state index is 12.4. The summed E-state index contributed by atoms with van der Waals surface area (Å²) in [5, 5.41) is 10.9. The number of carbonyl (C=O) groups is 1. The van der Waals surface area contributed by atoms with Gasteiger partial charge in [0.05, 0.1) is 0 Å². The third-order valence-electron chi connectivity index (χ3n) is 3.08. The Labute approximate surface area is 112 Å². The Morgan fingerprint density at radius 2 is 2.33 bits per heavy atom. The van der Waals surface area contributed by atoms with Crippen LogP contribution in [-0.4, -0.2) is 27.3 Å². The minimum atomic E-state index is -0.0657. The van der Waals surface area contributed by atoms with Gasteiger partial charge in [0, 0.05) is 24.8 Å². The number of ketones is 1. The Kier molecular flexibility index (Phi) is 2.66. The van der Waals surface area contributed by atoms with Crippen LogP contribution in [0.15, 0.2) is 22.8 Å². The summed E-state index contributed by atoms with van der Waals surface area (Å²) < 4.78 is 1.96. The van der Waals surface area contributed by atoms with Gasteiger partial charge in [0.2, 0.25) is 5.78 Å². The summed E-state index contributed by atoms with van der Waals surface area (Å²) in [5.41, 5.74) is 3.45. The molecule has 18 heavy (non-hydrogen) atoms. The lowest BCUT2D eigenvalue weighted by molar-refractivity contribution is 0.102. The topological polar surface area (TPSA) is 59.8 Å². The number of anilines is 1. The number of aromatic nitrogens is 3. The highest BCUT2D eigenvalue weighted by molar-refractivity contribution is 9.10. The molecule has 0 spiro atoms. The highest BCUT2D eigenvalue weighted by Gasteiger charge is 2.20. The molecule has 5 nitrogen and oxygen atoms in total. The maximum atomic E-state index is 12.4. The van der Waals surface area contributed by atoms with Gasteiger partial charge >= 0.3 is 0 Å². The van der Waals surface area contributed by atoms with E-state index >= 15 is 0 Å². The predicted molar refractivity (Wildman–Crippen MR) is 70.8 cm³/mol. The van der Waals surface area contributed by atoms with Crippen molar-refractivity contribution in [1.82, 2.24) is 15.0 Å². The summed E-state index contributed by atoms with van der Waals surface area (Å²) >= 11 is 3.25. The minimum absolute atomic E-state index is 0.0657. The first kappa shape index (κ1) is 11.4. The van der Waals surface area contributed by atoms with Crippen molar-refractivity contribution >= 4 is 27.4 Å². The molecule has 0 amide bonds. The van der Waals surface area contributed by atoms with Crippen LogP contribution < -0.4 is 5.32 Å². The molecule has 92 valence electrons. The monoisotopic (exact) mass is 306 g/mol. The van der Waals surface area contributed by atoms with Crippen LogP contribution in [0.4, 0.5) is 5.69 Å². The number of fused-ring (bicyclic) bond motifs is 1. The van der Waals surface area contributed by atoms with Crippen molar-refractivity contribution in [1.29, 1.82) is 0 Å². The SMILES string of the molecule is Cn1nnc(Br)c1C(=O)c1ccc2c(c1)CCN2. The molecule has 1 aromatic heterocycles. The Balaban J connectivity index is 2.03. The molecular weight excluding hydrogens is 296 g/mol. The van der Waals surface area contributed by atoms with Crippen molar-refractivity contribution in [3.63, 3.8) is 0 Å². The zero-order valence-corrected chi connectivity index (χ0v) is 11.4. The van der Waals surface area contributed by atoms with Crippen molar-refractivity contribution in [3.05, 3.63) is 39.6 Å². The highest BCUT2D eigenvalue weighted by atomic mass is 79.9. The smallest absolute Gasteiger partial charge is 0.213 e. The number of nitrogens with one attached hydrogen (secondary N) is 1. The minimum Gasteiger partial charge on any atom is -0.384 e. The normalized spacial score (nSPS) is 13.2. The molecule has 2 heterocycles. The van der Waals surface area contributed by atoms with E-state index in [1.54, 1.807) is 7.05 Å². The molecule has 3 rings (SSSR count). The van der Waals surface area contributed by atoms with E-state index < -0.39 is 0 Å². The summed E-state index contributed by atoms with van der Waals surface area (Å²) in [6.45, 7) is 0.934. The molecule has 0 saturated heterocycles. The second-order valence-corrected chi connectivity index (χ2v) is 4.98. The summed E-state index contributed by atoms with van der Waals surface area (Å²) in [4.78, 5) is 12.4. The van der Waals surface area contributed by atoms with Crippen LogP contribution in [0.2, 0.25) is 0 Å². The van der Waals surface area contributed by atoms with E-state index in [4.69, 9.17) is 0 Å². The van der Waals surface area contributed by atoms with Crippen molar-refractivity contribution in [2.45, 2.75) is 6.42 Å². The van der Waals surface area contributed by atoms with Gasteiger partial charge in [-0.1, -0.05) is 5.21 Å². The molecule has 0 radical (unpaired) electrons. The van der Waals surface area contributed by atoms with Crippen LogP contribution in [0.3, 0.4) is 0 Å². The van der Waals surface area contributed by atoms with Gasteiger partial charge in [0.25, 0.3) is 0 Å². The zero-order valence-electron chi connectivity index (χ0n) is 9.77. The lowest BCUT2D eigenvalue weighted by atomic mass is 10.0. The largest absolute Gasteiger partial charge is 0.384 e. The second kappa shape index (κ2) is 4.20. The molecule has 1 aliphatic heterocycles. The maximum Gasteiger partial charge on any atom is 0.213 e. The molecule has 0 atom stereocenters. The first-order valence-electron chi connectivity index (χ1n) is 5.63. The van der Waals surface area contributed by atoms with Gasteiger partial charge in [-0.2, -0.15) is 0 Å². The van der Waals surface area contributed by atoms with Crippen LogP contribution >= 0.6 is 15.9 Å². The average Bonchev–Trinajstić information content (AvgIpc) is 2.94. The van der Waals surface area contributed by atoms with E-state index in [-0.39, 0.29) is 5.78 Å². The molecule has 0 aliphatic carbocycles. The van der Waals surface area contributed by atoms with Crippen molar-refractivity contribution < 1.29 is 4.79 Å². The number of benzene rings is 1. The second-order valence-electron chi connectivity index (χ2n) is 4.23. The van der Waals surface area contributed by atoms with Gasteiger partial charge in [0.15, 0.2) is 4.60 Å². The lowest BCUT2D eigenvalue weighted by Crippen LogP contribution is -2.09. The molecule has 1 aromatic carbocycles. The molecule has 6 heteroatoms. The first-order chi connectivity index (χ1) is 8.66. The molecule has 1 aliphatic rings. The number of carbonyl (C=O) groups excluding carboxylic acids is 1. The van der Waals surface area contributed by atoms with Crippen molar-refractivity contribution in [2.24, 2.45) is 7.05 Å². The standard InChI is InChI=1S/C12H11BrN4O/c1-17-10(12(13)15-16-17)11(18)8-2-3-9-7(6-8)4-5-14-9/h2-3,6,14H,4-5H2,1H3. The molecule has 0 saturated carbocycles. The van der Waals surface area contributed by atoms with Gasteiger partial charge in [0.1, 0.15) is 5.69 Å². The Morgan fingerprint density at radius 1 is 1.50 bits per heavy atom. The van der Waals surface area contributed by atoms with E-state index in [1.165, 1.54) is 10.2 Å². The van der Waals surface area contributed by atoms with Crippen molar-refractivity contribution in [2.75, 3.05) is 11.9 Å². The van der Waals surface area contributed by atoms with E-state index in [0.29, 0.717) is 15.9 Å². The number of hydrogen-bond donors (Lipinski definition) is 1. The Morgan fingerprint density at radius 3 is 3.06 bits per heavy atom. The molecule has 0 bridgehead atoms. The highest BCUT2D eigenvalue weighted by Crippen LogP contribution is 2.25. The third-order valence-corrected chi connectivity index (χ3v) is 3.61. The van der Waals surface area contributed by atoms with E-state index in [2.05, 4.69) is 31.6 Å². The van der Waals surface area contributed by atoms with Gasteiger partial charge in [-0.15, -0.1) is 5.10 Å². The van der Waals surface area contributed by atoms with Crippen LogP contribution in [0.1, 0.15) is 21.6 Å². The molecule has 1 N–H and O–H groups in total. The number of aryl methyl sites for hydroxylation is 1. The Hall–Kier alpha value is -1.69. The molecule has 2 aromatic rings. The third kappa shape index (κ3) is 1.73. The summed E-state index contributed by atoms with van der Waals surface area (Å²) in [5.74, 6) is -0.0657. The molecular formula is C12H11BrN4O. The van der Waals surface area contributed by atoms with Crippen LogP contribution in [-0.2, 0) is 13.5 Å². The fourth-order valence-electron chi connectivity index (χ4n) is 2.16. The van der Waals surface area contributed by atoms with Crippen LogP contribution in [0, 0.1) is 0 Å². The fourth-order valence-corrected chi connectivity index (χ4v) is 2.66.